The summed E-state index contributed by atoms with van der Waals surface area (Å²) in [6.07, 6.45) is 1.78. The van der Waals surface area contributed by atoms with Crippen LogP contribution in [0.2, 0.25) is 10.0 Å². The summed E-state index contributed by atoms with van der Waals surface area (Å²) in [7, 11) is 1.58. The highest BCUT2D eigenvalue weighted by Crippen LogP contribution is 2.41. The molecule has 186 valence electrons. The average Bonchev–Trinajstić information content (AvgIpc) is 3.17. The third-order valence-electron chi connectivity index (χ3n) is 5.76. The first-order valence-electron chi connectivity index (χ1n) is 11.1. The SMILES string of the molecule is COc1cc(/C=C2\SC(=S)N(c3ccc(Cl)c(Cl)c3)C2=O)cc(Br)c1OCc1cccc2ccccc12. The van der Waals surface area contributed by atoms with E-state index in [2.05, 4.69) is 34.1 Å². The lowest BCUT2D eigenvalue weighted by Gasteiger charge is -2.15. The number of anilines is 1. The van der Waals surface area contributed by atoms with Crippen LogP contribution in [0.25, 0.3) is 16.8 Å². The lowest BCUT2D eigenvalue weighted by molar-refractivity contribution is -0.113. The van der Waals surface area contributed by atoms with Gasteiger partial charge in [-0.25, -0.2) is 0 Å². The Morgan fingerprint density at radius 2 is 1.81 bits per heavy atom. The number of carbonyl (C=O) groups excluding carboxylic acids is 1. The van der Waals surface area contributed by atoms with Gasteiger partial charge in [0.15, 0.2) is 15.8 Å². The zero-order valence-electron chi connectivity index (χ0n) is 19.3. The second kappa shape index (κ2) is 11.1. The summed E-state index contributed by atoms with van der Waals surface area (Å²) in [5, 5.41) is 3.06. The Kier molecular flexibility index (Phi) is 7.79. The molecule has 0 aliphatic carbocycles. The molecule has 0 aromatic heterocycles. The first-order chi connectivity index (χ1) is 17.9. The highest BCUT2D eigenvalue weighted by Gasteiger charge is 2.33. The number of benzene rings is 4. The van der Waals surface area contributed by atoms with Gasteiger partial charge in [0.25, 0.3) is 5.91 Å². The molecule has 5 rings (SSSR count). The standard InChI is InChI=1S/C28H18BrCl2NO3S2/c1-34-24-12-16(13-25-27(33)32(28(36)37-25)19-9-10-22(30)23(31)14-19)11-21(29)26(24)35-15-18-7-4-6-17-5-2-3-8-20(17)18/h2-14H,15H2,1H3/b25-13-. The maximum atomic E-state index is 13.2. The highest BCUT2D eigenvalue weighted by molar-refractivity contribution is 9.10. The van der Waals surface area contributed by atoms with Gasteiger partial charge in [-0.1, -0.05) is 89.6 Å². The first kappa shape index (κ1) is 26.1. The lowest BCUT2D eigenvalue weighted by Crippen LogP contribution is -2.27. The van der Waals surface area contributed by atoms with E-state index in [1.807, 2.05) is 36.4 Å². The van der Waals surface area contributed by atoms with Gasteiger partial charge in [-0.2, -0.15) is 0 Å². The number of nitrogens with zero attached hydrogens (tertiary/aromatic N) is 1. The summed E-state index contributed by atoms with van der Waals surface area (Å²) in [4.78, 5) is 15.1. The van der Waals surface area contributed by atoms with Crippen molar-refractivity contribution in [3.63, 3.8) is 0 Å². The Morgan fingerprint density at radius 3 is 2.59 bits per heavy atom. The monoisotopic (exact) mass is 629 g/mol. The molecule has 1 saturated heterocycles. The van der Waals surface area contributed by atoms with Gasteiger partial charge >= 0.3 is 0 Å². The lowest BCUT2D eigenvalue weighted by atomic mass is 10.1. The molecule has 37 heavy (non-hydrogen) atoms. The van der Waals surface area contributed by atoms with E-state index < -0.39 is 0 Å². The summed E-state index contributed by atoms with van der Waals surface area (Å²) in [5.74, 6) is 0.886. The minimum absolute atomic E-state index is 0.236. The normalized spacial score (nSPS) is 14.6. The van der Waals surface area contributed by atoms with Gasteiger partial charge in [0.05, 0.1) is 32.2 Å². The summed E-state index contributed by atoms with van der Waals surface area (Å²) < 4.78 is 12.9. The van der Waals surface area contributed by atoms with Crippen LogP contribution < -0.4 is 14.4 Å². The molecule has 0 saturated carbocycles. The first-order valence-corrected chi connectivity index (χ1v) is 13.8. The predicted molar refractivity (Wildman–Crippen MR) is 161 cm³/mol. The molecule has 1 amide bonds. The van der Waals surface area contributed by atoms with Crippen LogP contribution in [0.15, 0.2) is 82.2 Å². The Hall–Kier alpha value is -2.55. The second-order valence-electron chi connectivity index (χ2n) is 8.08. The molecule has 4 aromatic rings. The third kappa shape index (κ3) is 5.38. The van der Waals surface area contributed by atoms with Gasteiger partial charge in [-0.3, -0.25) is 9.69 Å². The van der Waals surface area contributed by atoms with Crippen molar-refractivity contribution in [2.24, 2.45) is 0 Å². The second-order valence-corrected chi connectivity index (χ2v) is 11.4. The molecular formula is C28H18BrCl2NO3S2. The molecule has 0 atom stereocenters. The van der Waals surface area contributed by atoms with Crippen molar-refractivity contribution in [1.82, 2.24) is 0 Å². The minimum Gasteiger partial charge on any atom is -0.493 e. The van der Waals surface area contributed by atoms with Crippen LogP contribution >= 0.6 is 63.1 Å². The average molecular weight is 631 g/mol. The summed E-state index contributed by atoms with van der Waals surface area (Å²) in [5.41, 5.74) is 2.40. The molecule has 0 radical (unpaired) electrons. The number of thiocarbonyl (C=S) groups is 1. The van der Waals surface area contributed by atoms with Crippen molar-refractivity contribution in [3.8, 4) is 11.5 Å². The Labute approximate surface area is 242 Å². The van der Waals surface area contributed by atoms with E-state index in [9.17, 15) is 4.79 Å². The maximum Gasteiger partial charge on any atom is 0.270 e. The number of carbonyl (C=O) groups is 1. The molecule has 0 bridgehead atoms. The molecule has 9 heteroatoms. The molecule has 0 spiro atoms. The molecule has 0 unspecified atom stereocenters. The minimum atomic E-state index is -0.236. The fourth-order valence-electron chi connectivity index (χ4n) is 4.00. The van der Waals surface area contributed by atoms with Crippen LogP contribution in [0, 0.1) is 0 Å². The number of halogens is 3. The number of fused-ring (bicyclic) bond motifs is 1. The van der Waals surface area contributed by atoms with Crippen molar-refractivity contribution < 1.29 is 14.3 Å². The van der Waals surface area contributed by atoms with E-state index in [4.69, 9.17) is 44.9 Å². The van der Waals surface area contributed by atoms with Gasteiger partial charge in [0.2, 0.25) is 0 Å². The zero-order chi connectivity index (χ0) is 26.1. The van der Waals surface area contributed by atoms with Gasteiger partial charge in [-0.05, 0) is 74.2 Å². The number of rotatable bonds is 6. The Morgan fingerprint density at radius 1 is 1.03 bits per heavy atom. The van der Waals surface area contributed by atoms with Gasteiger partial charge in [0, 0.05) is 0 Å². The van der Waals surface area contributed by atoms with E-state index in [1.54, 1.807) is 31.4 Å². The molecule has 1 fully saturated rings. The molecule has 1 aliphatic rings. The van der Waals surface area contributed by atoms with Gasteiger partial charge in [0.1, 0.15) is 6.61 Å². The van der Waals surface area contributed by atoms with Crippen LogP contribution in [-0.4, -0.2) is 17.3 Å². The number of hydrogen-bond donors (Lipinski definition) is 0. The fourth-order valence-corrected chi connectivity index (χ4v) is 6.16. The number of methoxy groups -OCH3 is 1. The van der Waals surface area contributed by atoms with Crippen LogP contribution in [-0.2, 0) is 11.4 Å². The van der Waals surface area contributed by atoms with Crippen molar-refractivity contribution in [1.29, 1.82) is 0 Å². The number of hydrogen-bond acceptors (Lipinski definition) is 5. The van der Waals surface area contributed by atoms with Crippen LogP contribution in [0.5, 0.6) is 11.5 Å². The summed E-state index contributed by atoms with van der Waals surface area (Å²) in [6, 6.07) is 23.0. The quantitative estimate of drug-likeness (QED) is 0.157. The van der Waals surface area contributed by atoms with Crippen molar-refractivity contribution in [2.75, 3.05) is 12.0 Å². The molecule has 0 N–H and O–H groups in total. The van der Waals surface area contributed by atoms with Crippen molar-refractivity contribution in [2.45, 2.75) is 6.61 Å². The van der Waals surface area contributed by atoms with E-state index >= 15 is 0 Å². The van der Waals surface area contributed by atoms with Crippen LogP contribution in [0.4, 0.5) is 5.69 Å². The Bertz CT molecular complexity index is 1590. The fraction of sp³-hybridized carbons (Fsp3) is 0.0714. The Balaban J connectivity index is 1.40. The topological polar surface area (TPSA) is 38.8 Å². The largest absolute Gasteiger partial charge is 0.493 e. The van der Waals surface area contributed by atoms with Crippen LogP contribution in [0.1, 0.15) is 11.1 Å². The number of amides is 1. The van der Waals surface area contributed by atoms with Crippen molar-refractivity contribution >= 4 is 95.9 Å². The van der Waals surface area contributed by atoms with Crippen molar-refractivity contribution in [3.05, 3.63) is 103 Å². The maximum absolute atomic E-state index is 13.2. The number of thioether (sulfide) groups is 1. The van der Waals surface area contributed by atoms with Crippen LogP contribution in [0.3, 0.4) is 0 Å². The molecule has 4 nitrogen and oxygen atoms in total. The smallest absolute Gasteiger partial charge is 0.270 e. The van der Waals surface area contributed by atoms with Gasteiger partial charge < -0.3 is 9.47 Å². The van der Waals surface area contributed by atoms with E-state index in [1.165, 1.54) is 16.7 Å². The molecule has 1 aliphatic heterocycles. The van der Waals surface area contributed by atoms with E-state index in [0.717, 1.165) is 21.9 Å². The predicted octanol–water partition coefficient (Wildman–Crippen LogP) is 8.90. The summed E-state index contributed by atoms with van der Waals surface area (Å²) in [6.45, 7) is 0.373. The molecule has 4 aromatic carbocycles. The zero-order valence-corrected chi connectivity index (χ0v) is 24.1. The van der Waals surface area contributed by atoms with E-state index in [0.29, 0.717) is 47.5 Å². The van der Waals surface area contributed by atoms with Gasteiger partial charge in [-0.15, -0.1) is 0 Å². The third-order valence-corrected chi connectivity index (χ3v) is 8.39. The van der Waals surface area contributed by atoms with E-state index in [-0.39, 0.29) is 5.91 Å². The summed E-state index contributed by atoms with van der Waals surface area (Å²) >= 11 is 22.5. The number of ether oxygens (including phenoxy) is 2. The molecule has 1 heterocycles. The highest BCUT2D eigenvalue weighted by atomic mass is 79.9. The molecular weight excluding hydrogens is 613 g/mol.